The van der Waals surface area contributed by atoms with E-state index in [1.54, 1.807) is 0 Å². The second-order valence-electron chi connectivity index (χ2n) is 11.1. The number of hydrogen-bond donors (Lipinski definition) is 0. The Bertz CT molecular complexity index is 706. The van der Waals surface area contributed by atoms with Crippen LogP contribution in [0.1, 0.15) is 88.5 Å². The Labute approximate surface area is 204 Å². The van der Waals surface area contributed by atoms with Gasteiger partial charge in [0.25, 0.3) is 0 Å². The molecular formula is C28H48IO2-. The van der Waals surface area contributed by atoms with Gasteiger partial charge in [0.05, 0.1) is 0 Å². The van der Waals surface area contributed by atoms with Crippen molar-refractivity contribution in [2.45, 2.75) is 88.5 Å². The van der Waals surface area contributed by atoms with E-state index in [9.17, 15) is 4.79 Å². The number of carbonyl (C=O) groups is 1. The molecule has 0 radical (unpaired) electrons. The molecule has 0 fully saturated rings. The summed E-state index contributed by atoms with van der Waals surface area (Å²) < 4.78 is 6.93. The van der Waals surface area contributed by atoms with Crippen LogP contribution in [-0.4, -0.2) is 13.4 Å². The first-order valence-electron chi connectivity index (χ1n) is 11.9. The fourth-order valence-electron chi connectivity index (χ4n) is 6.37. The van der Waals surface area contributed by atoms with Crippen LogP contribution in [0.4, 0.5) is 0 Å². The van der Waals surface area contributed by atoms with Gasteiger partial charge in [-0.25, -0.2) is 0 Å². The summed E-state index contributed by atoms with van der Waals surface area (Å²) in [5, 5.41) is 0. The molecule has 2 nitrogen and oxygen atoms in total. The molecule has 1 aliphatic carbocycles. The molecule has 0 saturated carbocycles. The Morgan fingerprint density at radius 3 is 2.29 bits per heavy atom. The Hall–Kier alpha value is -0.420. The Kier molecular flexibility index (Phi) is 9.85. The van der Waals surface area contributed by atoms with Crippen LogP contribution in [0.25, 0.3) is 0 Å². The molecule has 1 aliphatic rings. The summed E-state index contributed by atoms with van der Waals surface area (Å²) in [6.07, 6.45) is 10.9. The predicted molar refractivity (Wildman–Crippen MR) is 130 cm³/mol. The van der Waals surface area contributed by atoms with Crippen molar-refractivity contribution in [1.82, 2.24) is 0 Å². The average molecular weight is 544 g/mol. The van der Waals surface area contributed by atoms with E-state index in [1.807, 2.05) is 7.11 Å². The molecule has 0 spiro atoms. The fourth-order valence-corrected chi connectivity index (χ4v) is 8.16. The first-order chi connectivity index (χ1) is 14.2. The topological polar surface area (TPSA) is 26.3 Å². The number of allylic oxidation sites excluding steroid dienone is 5. The molecule has 180 valence electrons. The van der Waals surface area contributed by atoms with Crippen molar-refractivity contribution in [3.63, 3.8) is 0 Å². The molecule has 0 saturated heterocycles. The van der Waals surface area contributed by atoms with E-state index in [4.69, 9.17) is 3.07 Å². The zero-order valence-corrected chi connectivity index (χ0v) is 24.2. The van der Waals surface area contributed by atoms with Crippen LogP contribution in [0.5, 0.6) is 0 Å². The van der Waals surface area contributed by atoms with E-state index in [0.717, 1.165) is 19.1 Å². The zero-order valence-electron chi connectivity index (χ0n) is 22.1. The SMILES string of the molecule is C=C[C@](C)(C(C)(C)C(C)CC)[C@](C)(C[C@H](C)CC=O)[C@@]1(C)C(C)=CC([I-]OC)=CC1C. The van der Waals surface area contributed by atoms with Gasteiger partial charge in [-0.2, -0.15) is 0 Å². The molecule has 3 heteroatoms. The van der Waals surface area contributed by atoms with E-state index in [0.29, 0.717) is 24.2 Å². The standard InChI is InChI=1S/C28H48IO2/c1-13-21(4)25(7,8)26(9,14-2)27(10,19-20(3)15-16-30)28(11)22(5)17-24(29-31-12)18-23(28)6/h14,16-18,20-22H,2,13,15,19H2,1,3-12H3/q-1/t20-,21?,22?,26-,27+,28-/m1/s1. The molecule has 6 atom stereocenters. The van der Waals surface area contributed by atoms with Crippen molar-refractivity contribution >= 4 is 6.29 Å². The second kappa shape index (κ2) is 10.7. The van der Waals surface area contributed by atoms with Gasteiger partial charge in [0.2, 0.25) is 0 Å². The monoisotopic (exact) mass is 543 g/mol. The van der Waals surface area contributed by atoms with Gasteiger partial charge in [-0.15, -0.1) is 0 Å². The van der Waals surface area contributed by atoms with Crippen LogP contribution < -0.4 is 21.6 Å². The van der Waals surface area contributed by atoms with Gasteiger partial charge in [0, 0.05) is 0 Å². The summed E-state index contributed by atoms with van der Waals surface area (Å²) >= 11 is -0.400. The van der Waals surface area contributed by atoms with Gasteiger partial charge in [0.15, 0.2) is 0 Å². The third-order valence-electron chi connectivity index (χ3n) is 9.80. The second-order valence-corrected chi connectivity index (χ2v) is 13.6. The molecule has 1 rings (SSSR count). The number of hydrogen-bond acceptors (Lipinski definition) is 2. The normalized spacial score (nSPS) is 28.0. The van der Waals surface area contributed by atoms with E-state index >= 15 is 0 Å². The summed E-state index contributed by atoms with van der Waals surface area (Å²) in [6.45, 7) is 28.3. The maximum atomic E-state index is 11.4. The molecule has 0 aromatic carbocycles. The quantitative estimate of drug-likeness (QED) is 0.197. The third-order valence-corrected chi connectivity index (χ3v) is 11.4. The Morgan fingerprint density at radius 2 is 1.87 bits per heavy atom. The van der Waals surface area contributed by atoms with Crippen molar-refractivity contribution in [2.75, 3.05) is 7.11 Å². The molecule has 0 N–H and O–H groups in total. The van der Waals surface area contributed by atoms with Crippen molar-refractivity contribution in [1.29, 1.82) is 0 Å². The minimum absolute atomic E-state index is 0.0472. The van der Waals surface area contributed by atoms with Crippen LogP contribution in [0, 0.1) is 39.4 Å². The summed E-state index contributed by atoms with van der Waals surface area (Å²) in [7, 11) is 1.81. The third kappa shape index (κ3) is 4.78. The van der Waals surface area contributed by atoms with E-state index in [-0.39, 0.29) is 21.7 Å². The number of carbonyl (C=O) groups excluding carboxylic acids is 1. The average Bonchev–Trinajstić information content (AvgIpc) is 2.70. The molecule has 2 unspecified atom stereocenters. The Balaban J connectivity index is 3.83. The maximum absolute atomic E-state index is 11.4. The summed E-state index contributed by atoms with van der Waals surface area (Å²) in [5.41, 5.74) is 1.20. The van der Waals surface area contributed by atoms with Gasteiger partial charge in [-0.1, -0.05) is 0 Å². The molecule has 0 aliphatic heterocycles. The van der Waals surface area contributed by atoms with E-state index in [1.165, 1.54) is 9.15 Å². The van der Waals surface area contributed by atoms with Crippen LogP contribution in [0.2, 0.25) is 0 Å². The van der Waals surface area contributed by atoms with E-state index in [2.05, 4.69) is 94.0 Å². The summed E-state index contributed by atoms with van der Waals surface area (Å²) in [6, 6.07) is 0. The van der Waals surface area contributed by atoms with Crippen molar-refractivity contribution in [3.8, 4) is 0 Å². The predicted octanol–water partition coefficient (Wildman–Crippen LogP) is 5.01. The summed E-state index contributed by atoms with van der Waals surface area (Å²) in [5.74, 6) is 1.25. The van der Waals surface area contributed by atoms with Crippen molar-refractivity contribution in [2.24, 2.45) is 39.4 Å². The van der Waals surface area contributed by atoms with Crippen molar-refractivity contribution in [3.05, 3.63) is 34.0 Å². The van der Waals surface area contributed by atoms with Gasteiger partial charge in [0.1, 0.15) is 0 Å². The fraction of sp³-hybridized carbons (Fsp3) is 0.750. The zero-order chi connectivity index (χ0) is 24.3. The first-order valence-corrected chi connectivity index (χ1v) is 13.8. The first kappa shape index (κ1) is 28.6. The van der Waals surface area contributed by atoms with E-state index < -0.39 is 21.6 Å². The van der Waals surface area contributed by atoms with Gasteiger partial charge >= 0.3 is 205 Å². The van der Waals surface area contributed by atoms with Crippen LogP contribution in [0.3, 0.4) is 0 Å². The molecule has 0 heterocycles. The number of aldehydes is 1. The minimum atomic E-state index is -0.400. The van der Waals surface area contributed by atoms with Gasteiger partial charge < -0.3 is 0 Å². The molecule has 31 heavy (non-hydrogen) atoms. The van der Waals surface area contributed by atoms with Crippen LogP contribution >= 0.6 is 0 Å². The van der Waals surface area contributed by atoms with Gasteiger partial charge in [-0.3, -0.25) is 0 Å². The molecule has 0 amide bonds. The van der Waals surface area contributed by atoms with Crippen LogP contribution in [0.15, 0.2) is 34.0 Å². The number of rotatable bonds is 12. The molecule has 0 aromatic rings. The molecule has 0 aromatic heterocycles. The van der Waals surface area contributed by atoms with Gasteiger partial charge in [-0.05, 0) is 0 Å². The Morgan fingerprint density at radius 1 is 1.29 bits per heavy atom. The molecular weight excluding hydrogens is 495 g/mol. The number of halogens is 1. The van der Waals surface area contributed by atoms with Crippen LogP contribution in [-0.2, 0) is 7.86 Å². The molecule has 0 bridgehead atoms. The summed E-state index contributed by atoms with van der Waals surface area (Å²) in [4.78, 5) is 11.4. The van der Waals surface area contributed by atoms with Crippen molar-refractivity contribution < 1.29 is 29.5 Å².